The van der Waals surface area contributed by atoms with Crippen LogP contribution in [0.25, 0.3) is 0 Å². The van der Waals surface area contributed by atoms with Crippen molar-refractivity contribution in [2.24, 2.45) is 5.92 Å². The van der Waals surface area contributed by atoms with Gasteiger partial charge in [0.1, 0.15) is 0 Å². The predicted molar refractivity (Wildman–Crippen MR) is 75.7 cm³/mol. The number of rotatable bonds is 7. The van der Waals surface area contributed by atoms with Gasteiger partial charge in [-0.3, -0.25) is 0 Å². The number of nitrogens with one attached hydrogen (secondary N) is 1. The summed E-state index contributed by atoms with van der Waals surface area (Å²) < 4.78 is 28.6. The van der Waals surface area contributed by atoms with Gasteiger partial charge in [0.25, 0.3) is 0 Å². The van der Waals surface area contributed by atoms with Crippen LogP contribution in [0.4, 0.5) is 14.5 Å². The molecule has 0 heterocycles. The molecule has 2 nitrogen and oxygen atoms in total. The number of hydrogen-bond donors (Lipinski definition) is 1. The van der Waals surface area contributed by atoms with E-state index in [0.29, 0.717) is 11.6 Å². The van der Waals surface area contributed by atoms with E-state index < -0.39 is 6.61 Å². The second kappa shape index (κ2) is 7.75. The molecule has 0 amide bonds. The summed E-state index contributed by atoms with van der Waals surface area (Å²) in [7, 11) is 0. The van der Waals surface area contributed by atoms with Gasteiger partial charge in [-0.2, -0.15) is 8.78 Å². The van der Waals surface area contributed by atoms with Gasteiger partial charge in [0.2, 0.25) is 0 Å². The molecule has 0 radical (unpaired) electrons. The van der Waals surface area contributed by atoms with Crippen LogP contribution >= 0.6 is 23.2 Å². The molecule has 0 fully saturated rings. The maximum atomic E-state index is 12.2. The van der Waals surface area contributed by atoms with E-state index >= 15 is 0 Å². The van der Waals surface area contributed by atoms with Gasteiger partial charge in [-0.1, -0.05) is 43.5 Å². The Kier molecular flexibility index (Phi) is 6.66. The second-order valence-electron chi connectivity index (χ2n) is 4.42. The van der Waals surface area contributed by atoms with E-state index in [0.717, 1.165) is 19.4 Å². The molecule has 0 saturated carbocycles. The van der Waals surface area contributed by atoms with Crippen molar-refractivity contribution in [3.63, 3.8) is 0 Å². The smallest absolute Gasteiger partial charge is 0.387 e. The maximum Gasteiger partial charge on any atom is 0.387 e. The number of hydrogen-bond acceptors (Lipinski definition) is 2. The van der Waals surface area contributed by atoms with Gasteiger partial charge in [0.05, 0.1) is 10.0 Å². The predicted octanol–water partition coefficient (Wildman–Crippen LogP) is 5.44. The van der Waals surface area contributed by atoms with Crippen LogP contribution in [0.2, 0.25) is 10.0 Å². The topological polar surface area (TPSA) is 21.3 Å². The Labute approximate surface area is 122 Å². The second-order valence-corrected chi connectivity index (χ2v) is 5.24. The third-order valence-corrected chi connectivity index (χ3v) is 3.20. The molecule has 0 aliphatic heterocycles. The largest absolute Gasteiger partial charge is 0.432 e. The van der Waals surface area contributed by atoms with Crippen molar-refractivity contribution in [3.8, 4) is 5.75 Å². The molecule has 0 bridgehead atoms. The molecule has 0 aliphatic rings. The van der Waals surface area contributed by atoms with Gasteiger partial charge >= 0.3 is 6.61 Å². The summed E-state index contributed by atoms with van der Waals surface area (Å²) in [5.74, 6) is 0.324. The van der Waals surface area contributed by atoms with Crippen LogP contribution in [-0.4, -0.2) is 13.2 Å². The zero-order valence-corrected chi connectivity index (χ0v) is 12.4. The Hall–Kier alpha value is -0.740. The number of benzene rings is 1. The zero-order valence-electron chi connectivity index (χ0n) is 10.9. The minimum atomic E-state index is -2.95. The standard InChI is InChI=1S/C13H17Cl2F2NO/c1-3-4-8(2)7-18-9-5-10(14)12(11(15)6-9)19-13(16)17/h5-6,8,13,18H,3-4,7H2,1-2H3. The average Bonchev–Trinajstić information content (AvgIpc) is 2.31. The van der Waals surface area contributed by atoms with E-state index in [1.54, 1.807) is 0 Å². The highest BCUT2D eigenvalue weighted by atomic mass is 35.5. The first-order chi connectivity index (χ1) is 8.93. The molecule has 0 spiro atoms. The third kappa shape index (κ3) is 5.41. The van der Waals surface area contributed by atoms with Gasteiger partial charge in [-0.25, -0.2) is 0 Å². The molecule has 1 atom stereocenters. The van der Waals surface area contributed by atoms with Crippen LogP contribution in [0.15, 0.2) is 12.1 Å². The molecule has 0 aromatic heterocycles. The molecule has 1 aromatic carbocycles. The first-order valence-electron chi connectivity index (χ1n) is 6.11. The van der Waals surface area contributed by atoms with Crippen molar-refractivity contribution in [1.82, 2.24) is 0 Å². The normalized spacial score (nSPS) is 12.6. The summed E-state index contributed by atoms with van der Waals surface area (Å²) in [6, 6.07) is 3.06. The van der Waals surface area contributed by atoms with Gasteiger partial charge in [-0.15, -0.1) is 0 Å². The minimum Gasteiger partial charge on any atom is -0.432 e. The highest BCUT2D eigenvalue weighted by Gasteiger charge is 2.14. The van der Waals surface area contributed by atoms with Gasteiger partial charge < -0.3 is 10.1 Å². The Morgan fingerprint density at radius 1 is 1.26 bits per heavy atom. The van der Waals surface area contributed by atoms with Crippen molar-refractivity contribution in [2.45, 2.75) is 33.3 Å². The summed E-state index contributed by atoms with van der Waals surface area (Å²) in [5, 5.41) is 3.32. The third-order valence-electron chi connectivity index (χ3n) is 2.64. The lowest BCUT2D eigenvalue weighted by Crippen LogP contribution is -2.11. The van der Waals surface area contributed by atoms with E-state index in [-0.39, 0.29) is 15.8 Å². The summed E-state index contributed by atoms with van der Waals surface area (Å²) in [4.78, 5) is 0. The van der Waals surface area contributed by atoms with Crippen LogP contribution in [0, 0.1) is 5.92 Å². The van der Waals surface area contributed by atoms with E-state index in [4.69, 9.17) is 23.2 Å². The SMILES string of the molecule is CCCC(C)CNc1cc(Cl)c(OC(F)F)c(Cl)c1. The van der Waals surface area contributed by atoms with Gasteiger partial charge in [0.15, 0.2) is 5.75 Å². The van der Waals surface area contributed by atoms with Crippen LogP contribution in [0.3, 0.4) is 0 Å². The van der Waals surface area contributed by atoms with Crippen molar-refractivity contribution in [2.75, 3.05) is 11.9 Å². The first-order valence-corrected chi connectivity index (χ1v) is 6.87. The highest BCUT2D eigenvalue weighted by molar-refractivity contribution is 6.37. The molecule has 6 heteroatoms. The molecule has 1 N–H and O–H groups in total. The molecule has 1 rings (SSSR count). The van der Waals surface area contributed by atoms with Crippen molar-refractivity contribution in [3.05, 3.63) is 22.2 Å². The molecule has 0 aliphatic carbocycles. The van der Waals surface area contributed by atoms with E-state index in [2.05, 4.69) is 23.9 Å². The molecule has 19 heavy (non-hydrogen) atoms. The van der Waals surface area contributed by atoms with Gasteiger partial charge in [0, 0.05) is 12.2 Å². The summed E-state index contributed by atoms with van der Waals surface area (Å²) in [5.41, 5.74) is 0.694. The van der Waals surface area contributed by atoms with Crippen molar-refractivity contribution in [1.29, 1.82) is 0 Å². The number of alkyl halides is 2. The molecular weight excluding hydrogens is 295 g/mol. The fraction of sp³-hybridized carbons (Fsp3) is 0.538. The van der Waals surface area contributed by atoms with Crippen molar-refractivity contribution >= 4 is 28.9 Å². The van der Waals surface area contributed by atoms with Gasteiger partial charge in [-0.05, 0) is 24.5 Å². The Morgan fingerprint density at radius 3 is 2.32 bits per heavy atom. The van der Waals surface area contributed by atoms with Crippen LogP contribution in [-0.2, 0) is 0 Å². The number of halogens is 4. The first kappa shape index (κ1) is 16.3. The summed E-state index contributed by atoms with van der Waals surface area (Å²) in [6.07, 6.45) is 2.23. The van der Waals surface area contributed by atoms with Crippen LogP contribution in [0.1, 0.15) is 26.7 Å². The molecule has 0 saturated heterocycles. The van der Waals surface area contributed by atoms with Crippen LogP contribution < -0.4 is 10.1 Å². The number of ether oxygens (including phenoxy) is 1. The zero-order chi connectivity index (χ0) is 14.4. The Balaban J connectivity index is 2.72. The summed E-state index contributed by atoms with van der Waals surface area (Å²) in [6.45, 7) is 2.09. The van der Waals surface area contributed by atoms with Crippen molar-refractivity contribution < 1.29 is 13.5 Å². The lowest BCUT2D eigenvalue weighted by Gasteiger charge is -2.15. The minimum absolute atomic E-state index is 0.0680. The average molecular weight is 312 g/mol. The van der Waals surface area contributed by atoms with E-state index in [1.807, 2.05) is 0 Å². The molecule has 1 unspecified atom stereocenters. The highest BCUT2D eigenvalue weighted by Crippen LogP contribution is 2.37. The molecular formula is C13H17Cl2F2NO. The van der Waals surface area contributed by atoms with E-state index in [1.165, 1.54) is 12.1 Å². The Bertz CT molecular complexity index is 393. The van der Waals surface area contributed by atoms with Crippen LogP contribution in [0.5, 0.6) is 5.75 Å². The maximum absolute atomic E-state index is 12.2. The quantitative estimate of drug-likeness (QED) is 0.723. The molecule has 108 valence electrons. The summed E-state index contributed by atoms with van der Waals surface area (Å²) >= 11 is 11.7. The van der Waals surface area contributed by atoms with E-state index in [9.17, 15) is 8.78 Å². The lowest BCUT2D eigenvalue weighted by atomic mass is 10.1. The monoisotopic (exact) mass is 311 g/mol. The Morgan fingerprint density at radius 2 is 1.84 bits per heavy atom. The lowest BCUT2D eigenvalue weighted by molar-refractivity contribution is -0.0497. The fourth-order valence-corrected chi connectivity index (χ4v) is 2.33. The number of anilines is 1. The fourth-order valence-electron chi connectivity index (χ4n) is 1.75. The molecule has 1 aromatic rings.